The molecule has 0 saturated carbocycles. The number of anilines is 1. The van der Waals surface area contributed by atoms with Gasteiger partial charge in [0.1, 0.15) is 0 Å². The molecule has 1 aliphatic heterocycles. The van der Waals surface area contributed by atoms with Gasteiger partial charge in [0.05, 0.1) is 22.7 Å². The summed E-state index contributed by atoms with van der Waals surface area (Å²) in [5.41, 5.74) is 3.07. The molecule has 3 aromatic carbocycles. The number of imide groups is 2. The first-order valence-electron chi connectivity index (χ1n) is 9.88. The van der Waals surface area contributed by atoms with E-state index < -0.39 is 23.8 Å². The second kappa shape index (κ2) is 9.13. The molecule has 0 aliphatic carbocycles. The number of urea groups is 1. The number of azo groups is 1. The molecule has 1 aliphatic rings. The summed E-state index contributed by atoms with van der Waals surface area (Å²) >= 11 is 0. The van der Waals surface area contributed by atoms with Crippen LogP contribution in [-0.4, -0.2) is 24.1 Å². The maximum Gasteiger partial charge on any atom is 0.335 e. The molecule has 0 spiro atoms. The maximum atomic E-state index is 12.9. The Morgan fingerprint density at radius 3 is 2.06 bits per heavy atom. The molecular formula is C24H19N5O3. The topological polar surface area (TPSA) is 104 Å². The number of aryl methyl sites for hydroxylation is 1. The smallest absolute Gasteiger partial charge is 0.276 e. The minimum absolute atomic E-state index is 0.425. The van der Waals surface area contributed by atoms with Crippen LogP contribution in [-0.2, 0) is 9.59 Å². The minimum atomic E-state index is -1.22. The Balaban J connectivity index is 1.50. The Morgan fingerprint density at radius 1 is 0.781 bits per heavy atom. The van der Waals surface area contributed by atoms with E-state index in [9.17, 15) is 14.4 Å². The molecule has 0 bridgehead atoms. The van der Waals surface area contributed by atoms with Crippen LogP contribution in [0.3, 0.4) is 0 Å². The number of carbonyl (C=O) groups is 3. The molecule has 0 radical (unpaired) electrons. The summed E-state index contributed by atoms with van der Waals surface area (Å²) < 4.78 is 0. The van der Waals surface area contributed by atoms with Crippen LogP contribution in [0.25, 0.3) is 0 Å². The number of benzene rings is 3. The predicted octanol–water partition coefficient (Wildman–Crippen LogP) is 5.01. The van der Waals surface area contributed by atoms with Crippen LogP contribution in [0.1, 0.15) is 5.56 Å². The molecule has 8 heteroatoms. The number of hydrogen-bond donors (Lipinski definition) is 1. The zero-order valence-corrected chi connectivity index (χ0v) is 17.2. The number of para-hydroxylation sites is 1. The van der Waals surface area contributed by atoms with Crippen molar-refractivity contribution in [3.05, 3.63) is 84.4 Å². The molecule has 158 valence electrons. The lowest BCUT2D eigenvalue weighted by Crippen LogP contribution is -2.58. The summed E-state index contributed by atoms with van der Waals surface area (Å²) in [6.07, 6.45) is 1.25. The van der Waals surface area contributed by atoms with Gasteiger partial charge in [0.15, 0.2) is 5.92 Å². The first kappa shape index (κ1) is 20.8. The molecule has 32 heavy (non-hydrogen) atoms. The van der Waals surface area contributed by atoms with Crippen molar-refractivity contribution < 1.29 is 14.4 Å². The van der Waals surface area contributed by atoms with Crippen molar-refractivity contribution >= 4 is 46.8 Å². The Hall–Kier alpha value is -4.46. The zero-order valence-electron chi connectivity index (χ0n) is 17.2. The van der Waals surface area contributed by atoms with Gasteiger partial charge >= 0.3 is 6.03 Å². The van der Waals surface area contributed by atoms with Gasteiger partial charge in [-0.05, 0) is 55.0 Å². The van der Waals surface area contributed by atoms with E-state index in [-0.39, 0.29) is 0 Å². The molecule has 1 saturated heterocycles. The highest BCUT2D eigenvalue weighted by molar-refractivity contribution is 6.32. The number of amides is 4. The average molecular weight is 425 g/mol. The van der Waals surface area contributed by atoms with E-state index in [0.717, 1.165) is 16.2 Å². The van der Waals surface area contributed by atoms with Crippen molar-refractivity contribution in [3.8, 4) is 0 Å². The molecular weight excluding hydrogens is 406 g/mol. The molecule has 1 atom stereocenters. The van der Waals surface area contributed by atoms with Gasteiger partial charge in [-0.15, -0.1) is 0 Å². The summed E-state index contributed by atoms with van der Waals surface area (Å²) in [7, 11) is 0. The summed E-state index contributed by atoms with van der Waals surface area (Å²) in [6, 6.07) is 22.4. The highest BCUT2D eigenvalue weighted by Gasteiger charge is 2.40. The van der Waals surface area contributed by atoms with Crippen LogP contribution in [0.4, 0.5) is 27.5 Å². The number of rotatable bonds is 5. The lowest BCUT2D eigenvalue weighted by Gasteiger charge is -2.29. The Labute approximate surface area is 184 Å². The second-order valence-electron chi connectivity index (χ2n) is 7.06. The number of nitrogens with zero attached hydrogens (tertiary/aromatic N) is 4. The number of carbonyl (C=O) groups excluding carboxylic acids is 3. The fraction of sp³-hybridized carbons (Fsp3) is 0.0833. The Kier molecular flexibility index (Phi) is 5.94. The van der Waals surface area contributed by atoms with E-state index >= 15 is 0 Å². The molecule has 1 N–H and O–H groups in total. The summed E-state index contributed by atoms with van der Waals surface area (Å²) in [6.45, 7) is 1.78. The molecule has 1 fully saturated rings. The van der Waals surface area contributed by atoms with Crippen LogP contribution in [0.15, 0.2) is 94.1 Å². The molecule has 0 unspecified atom stereocenters. The predicted molar refractivity (Wildman–Crippen MR) is 121 cm³/mol. The first-order chi connectivity index (χ1) is 15.5. The van der Waals surface area contributed by atoms with Gasteiger partial charge in [-0.2, -0.15) is 10.2 Å². The SMILES string of the molecule is Cc1ccccc1N1C(=O)NC(=O)[C@@H](C=Nc2ccc(N=Nc3ccccc3)cc2)C1=O. The normalized spacial score (nSPS) is 16.7. The van der Waals surface area contributed by atoms with Gasteiger partial charge in [0.25, 0.3) is 5.91 Å². The van der Waals surface area contributed by atoms with E-state index in [0.29, 0.717) is 17.1 Å². The lowest BCUT2D eigenvalue weighted by atomic mass is 10.0. The Morgan fingerprint density at radius 2 is 1.38 bits per heavy atom. The third kappa shape index (κ3) is 4.49. The van der Waals surface area contributed by atoms with Gasteiger partial charge in [-0.3, -0.25) is 19.9 Å². The van der Waals surface area contributed by atoms with Crippen molar-refractivity contribution in [1.29, 1.82) is 0 Å². The highest BCUT2D eigenvalue weighted by Crippen LogP contribution is 2.25. The van der Waals surface area contributed by atoms with Crippen molar-refractivity contribution in [1.82, 2.24) is 5.32 Å². The number of barbiturate groups is 1. The van der Waals surface area contributed by atoms with Crippen LogP contribution < -0.4 is 10.2 Å². The first-order valence-corrected chi connectivity index (χ1v) is 9.88. The lowest BCUT2D eigenvalue weighted by molar-refractivity contribution is -0.131. The van der Waals surface area contributed by atoms with Crippen molar-refractivity contribution in [3.63, 3.8) is 0 Å². The fourth-order valence-electron chi connectivity index (χ4n) is 3.14. The van der Waals surface area contributed by atoms with E-state index in [1.54, 1.807) is 55.5 Å². The largest absolute Gasteiger partial charge is 0.335 e. The van der Waals surface area contributed by atoms with E-state index in [4.69, 9.17) is 0 Å². The number of aliphatic imine (C=N–C) groups is 1. The van der Waals surface area contributed by atoms with E-state index in [1.807, 2.05) is 30.3 Å². The number of nitrogens with one attached hydrogen (secondary N) is 1. The minimum Gasteiger partial charge on any atom is -0.276 e. The second-order valence-corrected chi connectivity index (χ2v) is 7.06. The van der Waals surface area contributed by atoms with Crippen LogP contribution >= 0.6 is 0 Å². The van der Waals surface area contributed by atoms with Gasteiger partial charge < -0.3 is 0 Å². The monoisotopic (exact) mass is 425 g/mol. The van der Waals surface area contributed by atoms with Crippen molar-refractivity contribution in [2.24, 2.45) is 21.1 Å². The molecule has 0 aromatic heterocycles. The molecule has 3 aromatic rings. The number of hydrogen-bond acceptors (Lipinski definition) is 6. The van der Waals surface area contributed by atoms with E-state index in [2.05, 4.69) is 20.5 Å². The average Bonchev–Trinajstić information content (AvgIpc) is 2.80. The van der Waals surface area contributed by atoms with E-state index in [1.165, 1.54) is 6.21 Å². The maximum absolute atomic E-state index is 12.9. The molecule has 4 rings (SSSR count). The van der Waals surface area contributed by atoms with Gasteiger partial charge in [0.2, 0.25) is 5.91 Å². The summed E-state index contributed by atoms with van der Waals surface area (Å²) in [5.74, 6) is -2.57. The zero-order chi connectivity index (χ0) is 22.5. The van der Waals surface area contributed by atoms with Gasteiger partial charge in [-0.1, -0.05) is 36.4 Å². The summed E-state index contributed by atoms with van der Waals surface area (Å²) in [5, 5.41) is 10.5. The van der Waals surface area contributed by atoms with Crippen LogP contribution in [0.2, 0.25) is 0 Å². The summed E-state index contributed by atoms with van der Waals surface area (Å²) in [4.78, 5) is 42.7. The van der Waals surface area contributed by atoms with Crippen LogP contribution in [0, 0.1) is 12.8 Å². The van der Waals surface area contributed by atoms with Crippen molar-refractivity contribution in [2.45, 2.75) is 6.92 Å². The quantitative estimate of drug-likeness (QED) is 0.353. The Bertz CT molecular complexity index is 1220. The standard InChI is InChI=1S/C24H19N5O3/c1-16-7-5-6-10-21(16)29-23(31)20(22(30)26-24(29)32)15-25-17-11-13-19(14-12-17)28-27-18-8-3-2-4-9-18/h2-15,20H,1H3,(H,26,30,32)/t20-/m1/s1. The molecule has 8 nitrogen and oxygen atoms in total. The fourth-order valence-corrected chi connectivity index (χ4v) is 3.14. The van der Waals surface area contributed by atoms with Crippen LogP contribution in [0.5, 0.6) is 0 Å². The third-order valence-electron chi connectivity index (χ3n) is 4.82. The van der Waals surface area contributed by atoms with Gasteiger partial charge in [-0.25, -0.2) is 9.69 Å². The third-order valence-corrected chi connectivity index (χ3v) is 4.82. The van der Waals surface area contributed by atoms with Gasteiger partial charge in [0, 0.05) is 6.21 Å². The molecule has 1 heterocycles. The highest BCUT2D eigenvalue weighted by atomic mass is 16.2. The molecule has 4 amide bonds. The van der Waals surface area contributed by atoms with Crippen molar-refractivity contribution in [2.75, 3.05) is 4.90 Å².